The molecule has 0 saturated carbocycles. The van der Waals surface area contributed by atoms with Gasteiger partial charge in [-0.2, -0.15) is 4.57 Å². The Bertz CT molecular complexity index is 813. The van der Waals surface area contributed by atoms with E-state index in [1.807, 2.05) is 28.8 Å². The Hall–Kier alpha value is -2.75. The van der Waals surface area contributed by atoms with Gasteiger partial charge in [-0.3, -0.25) is 4.79 Å². The molecule has 3 aromatic rings. The second-order valence-electron chi connectivity index (χ2n) is 4.91. The number of hydrogen-bond donors (Lipinski definition) is 1. The molecule has 3 rings (SSSR count). The van der Waals surface area contributed by atoms with Crippen LogP contribution in [0.1, 0.15) is 15.9 Å². The first-order chi connectivity index (χ1) is 10.1. The molecule has 0 spiro atoms. The second kappa shape index (κ2) is 5.32. The van der Waals surface area contributed by atoms with Crippen molar-refractivity contribution in [3.8, 4) is 0 Å². The molecule has 0 atom stereocenters. The van der Waals surface area contributed by atoms with E-state index in [9.17, 15) is 9.18 Å². The number of halogens is 1. The third-order valence-corrected chi connectivity index (χ3v) is 3.40. The largest absolute Gasteiger partial charge is 0.365 e. The van der Waals surface area contributed by atoms with E-state index in [2.05, 4.69) is 0 Å². The molecule has 1 aromatic heterocycles. The quantitative estimate of drug-likeness (QED) is 0.736. The molecule has 4 heteroatoms. The standard InChI is InChI=1S/C17H13FN2O/c18-15-7-5-12(6-8-15)10-20-11-14(17(19)21)9-13-3-1-2-4-16(13)20/h1-9,11H,10H2,(H-,19,21)/p+1. The number of carbonyl (C=O) groups excluding carboxylic acids is 1. The van der Waals surface area contributed by atoms with Crippen LogP contribution in [-0.2, 0) is 6.54 Å². The topological polar surface area (TPSA) is 47.0 Å². The maximum Gasteiger partial charge on any atom is 0.254 e. The van der Waals surface area contributed by atoms with Gasteiger partial charge in [0.1, 0.15) is 11.4 Å². The summed E-state index contributed by atoms with van der Waals surface area (Å²) in [4.78, 5) is 11.5. The first kappa shape index (κ1) is 13.2. The lowest BCUT2D eigenvalue weighted by molar-refractivity contribution is -0.662. The van der Waals surface area contributed by atoms with Crippen LogP contribution in [0, 0.1) is 5.82 Å². The SMILES string of the molecule is NC(=O)c1cc2ccccc2[n+](Cc2ccc(F)cc2)c1. The van der Waals surface area contributed by atoms with Crippen LogP contribution in [0.3, 0.4) is 0 Å². The zero-order valence-corrected chi connectivity index (χ0v) is 11.3. The van der Waals surface area contributed by atoms with Gasteiger partial charge >= 0.3 is 0 Å². The fraction of sp³-hybridized carbons (Fsp3) is 0.0588. The summed E-state index contributed by atoms with van der Waals surface area (Å²) in [5, 5.41) is 0.941. The summed E-state index contributed by atoms with van der Waals surface area (Å²) in [6.45, 7) is 0.544. The lowest BCUT2D eigenvalue weighted by Crippen LogP contribution is -2.36. The number of nitrogens with two attached hydrogens (primary N) is 1. The zero-order chi connectivity index (χ0) is 14.8. The Labute approximate surface area is 121 Å². The van der Waals surface area contributed by atoms with Crippen molar-refractivity contribution in [1.82, 2.24) is 0 Å². The van der Waals surface area contributed by atoms with Crippen LogP contribution < -0.4 is 10.3 Å². The highest BCUT2D eigenvalue weighted by Gasteiger charge is 2.14. The first-order valence-electron chi connectivity index (χ1n) is 6.60. The highest BCUT2D eigenvalue weighted by molar-refractivity contribution is 5.95. The number of fused-ring (bicyclic) bond motifs is 1. The summed E-state index contributed by atoms with van der Waals surface area (Å²) in [6, 6.07) is 15.8. The first-order valence-corrected chi connectivity index (χ1v) is 6.60. The highest BCUT2D eigenvalue weighted by Crippen LogP contribution is 2.12. The summed E-state index contributed by atoms with van der Waals surface area (Å²) in [6.07, 6.45) is 1.73. The number of carbonyl (C=O) groups is 1. The normalized spacial score (nSPS) is 10.7. The molecule has 0 radical (unpaired) electrons. The van der Waals surface area contributed by atoms with E-state index in [1.165, 1.54) is 12.1 Å². The summed E-state index contributed by atoms with van der Waals surface area (Å²) in [5.74, 6) is -0.729. The van der Waals surface area contributed by atoms with Crippen LogP contribution in [0.15, 0.2) is 60.8 Å². The summed E-state index contributed by atoms with van der Waals surface area (Å²) in [7, 11) is 0. The molecular weight excluding hydrogens is 267 g/mol. The van der Waals surface area contributed by atoms with Crippen LogP contribution in [0.25, 0.3) is 10.9 Å². The summed E-state index contributed by atoms with van der Waals surface area (Å²) in [5.41, 5.74) is 7.78. The van der Waals surface area contributed by atoms with Crippen LogP contribution in [0.4, 0.5) is 4.39 Å². The van der Waals surface area contributed by atoms with Gasteiger partial charge < -0.3 is 5.73 Å². The van der Waals surface area contributed by atoms with E-state index >= 15 is 0 Å². The van der Waals surface area contributed by atoms with Crippen molar-refractivity contribution in [3.63, 3.8) is 0 Å². The van der Waals surface area contributed by atoms with Crippen molar-refractivity contribution in [1.29, 1.82) is 0 Å². The molecule has 3 nitrogen and oxygen atoms in total. The van der Waals surface area contributed by atoms with E-state index in [-0.39, 0.29) is 5.82 Å². The Kier molecular flexibility index (Phi) is 3.36. The van der Waals surface area contributed by atoms with Crippen LogP contribution in [0.2, 0.25) is 0 Å². The number of amides is 1. The number of para-hydroxylation sites is 1. The average Bonchev–Trinajstić information content (AvgIpc) is 2.49. The number of hydrogen-bond acceptors (Lipinski definition) is 1. The molecule has 1 amide bonds. The molecule has 104 valence electrons. The van der Waals surface area contributed by atoms with E-state index < -0.39 is 5.91 Å². The maximum absolute atomic E-state index is 13.0. The monoisotopic (exact) mass is 281 g/mol. The molecule has 0 aliphatic heterocycles. The van der Waals surface area contributed by atoms with Crippen LogP contribution >= 0.6 is 0 Å². The minimum absolute atomic E-state index is 0.264. The average molecular weight is 281 g/mol. The van der Waals surface area contributed by atoms with Gasteiger partial charge in [-0.15, -0.1) is 0 Å². The molecule has 0 saturated heterocycles. The van der Waals surface area contributed by atoms with Gasteiger partial charge in [0.05, 0.1) is 0 Å². The number of nitrogens with zero attached hydrogens (tertiary/aromatic N) is 1. The molecule has 0 fully saturated rings. The van der Waals surface area contributed by atoms with Gasteiger partial charge in [0.25, 0.3) is 5.91 Å². The summed E-state index contributed by atoms with van der Waals surface area (Å²) < 4.78 is 14.9. The minimum Gasteiger partial charge on any atom is -0.365 e. The van der Waals surface area contributed by atoms with Crippen molar-refractivity contribution < 1.29 is 13.8 Å². The Morgan fingerprint density at radius 1 is 1.10 bits per heavy atom. The van der Waals surface area contributed by atoms with Crippen LogP contribution in [0.5, 0.6) is 0 Å². The Morgan fingerprint density at radius 3 is 2.52 bits per heavy atom. The van der Waals surface area contributed by atoms with Crippen molar-refractivity contribution in [3.05, 3.63) is 77.7 Å². The van der Waals surface area contributed by atoms with Crippen molar-refractivity contribution in [2.45, 2.75) is 6.54 Å². The zero-order valence-electron chi connectivity index (χ0n) is 11.3. The maximum atomic E-state index is 13.0. The minimum atomic E-state index is -0.464. The smallest absolute Gasteiger partial charge is 0.254 e. The second-order valence-corrected chi connectivity index (χ2v) is 4.91. The van der Waals surface area contributed by atoms with Crippen molar-refractivity contribution in [2.24, 2.45) is 5.73 Å². The van der Waals surface area contributed by atoms with Gasteiger partial charge in [-0.1, -0.05) is 12.1 Å². The van der Waals surface area contributed by atoms with Gasteiger partial charge in [0.15, 0.2) is 12.7 Å². The molecule has 2 N–H and O–H groups in total. The molecular formula is C17H14FN2O+. The molecule has 0 aliphatic carbocycles. The van der Waals surface area contributed by atoms with E-state index in [0.29, 0.717) is 12.1 Å². The predicted molar refractivity (Wildman–Crippen MR) is 78.2 cm³/mol. The lowest BCUT2D eigenvalue weighted by Gasteiger charge is -2.04. The lowest BCUT2D eigenvalue weighted by atomic mass is 10.1. The van der Waals surface area contributed by atoms with Gasteiger partial charge in [-0.05, 0) is 36.4 Å². The Morgan fingerprint density at radius 2 is 1.81 bits per heavy atom. The number of benzene rings is 2. The molecule has 0 bridgehead atoms. The van der Waals surface area contributed by atoms with Gasteiger partial charge in [0.2, 0.25) is 5.52 Å². The van der Waals surface area contributed by atoms with Crippen molar-refractivity contribution >= 4 is 16.8 Å². The number of primary amides is 1. The third-order valence-electron chi connectivity index (χ3n) is 3.40. The Balaban J connectivity index is 2.11. The number of pyridine rings is 1. The van der Waals surface area contributed by atoms with Crippen molar-refractivity contribution in [2.75, 3.05) is 0 Å². The molecule has 0 aliphatic rings. The predicted octanol–water partition coefficient (Wildman–Crippen LogP) is 2.41. The van der Waals surface area contributed by atoms with Gasteiger partial charge in [0, 0.05) is 17.0 Å². The third kappa shape index (κ3) is 2.74. The van der Waals surface area contributed by atoms with E-state index in [0.717, 1.165) is 16.5 Å². The highest BCUT2D eigenvalue weighted by atomic mass is 19.1. The van der Waals surface area contributed by atoms with E-state index in [4.69, 9.17) is 5.73 Å². The fourth-order valence-electron chi connectivity index (χ4n) is 2.37. The van der Waals surface area contributed by atoms with E-state index in [1.54, 1.807) is 24.4 Å². The molecule has 0 unspecified atom stereocenters. The molecule has 21 heavy (non-hydrogen) atoms. The molecule has 2 aromatic carbocycles. The van der Waals surface area contributed by atoms with Gasteiger partial charge in [-0.25, -0.2) is 4.39 Å². The summed E-state index contributed by atoms with van der Waals surface area (Å²) >= 11 is 0. The van der Waals surface area contributed by atoms with Crippen LogP contribution in [-0.4, -0.2) is 5.91 Å². The molecule has 1 heterocycles. The number of rotatable bonds is 3. The fourth-order valence-corrected chi connectivity index (χ4v) is 2.37. The number of aromatic nitrogens is 1.